The SMILES string of the molecule is CSc1ccc(C(O)C(=O)O)cc1C(Cl)C(C)=O. The Balaban J connectivity index is 3.25. The van der Waals surface area contributed by atoms with Gasteiger partial charge >= 0.3 is 5.97 Å². The summed E-state index contributed by atoms with van der Waals surface area (Å²) in [5, 5.41) is 17.4. The molecule has 2 N–H and O–H groups in total. The Kier molecular flexibility index (Phi) is 5.19. The van der Waals surface area contributed by atoms with Crippen LogP contribution in [0, 0.1) is 0 Å². The molecule has 0 bridgehead atoms. The molecule has 1 aromatic rings. The molecule has 0 amide bonds. The first-order valence-electron chi connectivity index (χ1n) is 5.11. The molecular weight excluding hydrogens is 276 g/mol. The van der Waals surface area contributed by atoms with E-state index in [1.807, 2.05) is 6.26 Å². The number of alkyl halides is 1. The molecule has 0 saturated carbocycles. The number of Topliss-reactive ketones (excluding diaryl/α,β-unsaturated/α-hetero) is 1. The van der Waals surface area contributed by atoms with Crippen LogP contribution in [0.2, 0.25) is 0 Å². The first kappa shape index (κ1) is 15.0. The number of rotatable bonds is 5. The number of ketones is 1. The van der Waals surface area contributed by atoms with E-state index < -0.39 is 17.5 Å². The number of aliphatic hydroxyl groups excluding tert-OH is 1. The second-order valence-electron chi connectivity index (χ2n) is 3.72. The van der Waals surface area contributed by atoms with Crippen molar-refractivity contribution in [3.8, 4) is 0 Å². The van der Waals surface area contributed by atoms with Crippen molar-refractivity contribution in [2.45, 2.75) is 23.3 Å². The molecule has 0 aliphatic rings. The summed E-state index contributed by atoms with van der Waals surface area (Å²) in [6.07, 6.45) is 0.214. The van der Waals surface area contributed by atoms with E-state index in [1.54, 1.807) is 6.07 Å². The summed E-state index contributed by atoms with van der Waals surface area (Å²) >= 11 is 7.39. The molecule has 0 spiro atoms. The number of hydrogen-bond donors (Lipinski definition) is 2. The zero-order chi connectivity index (χ0) is 13.9. The number of benzene rings is 1. The molecule has 1 rings (SSSR count). The van der Waals surface area contributed by atoms with Crippen molar-refractivity contribution in [1.82, 2.24) is 0 Å². The summed E-state index contributed by atoms with van der Waals surface area (Å²) in [5.41, 5.74) is 0.733. The summed E-state index contributed by atoms with van der Waals surface area (Å²) in [7, 11) is 0. The van der Waals surface area contributed by atoms with Gasteiger partial charge in [0.2, 0.25) is 0 Å². The highest BCUT2D eigenvalue weighted by Crippen LogP contribution is 2.32. The Bertz CT molecular complexity index is 475. The number of carboxylic acid groups (broad SMARTS) is 1. The second kappa shape index (κ2) is 6.22. The fraction of sp³-hybridized carbons (Fsp3) is 0.333. The van der Waals surface area contributed by atoms with Crippen LogP contribution in [0.1, 0.15) is 29.5 Å². The van der Waals surface area contributed by atoms with Crippen molar-refractivity contribution in [3.63, 3.8) is 0 Å². The van der Waals surface area contributed by atoms with E-state index >= 15 is 0 Å². The molecule has 0 aliphatic carbocycles. The van der Waals surface area contributed by atoms with Crippen molar-refractivity contribution in [2.75, 3.05) is 6.26 Å². The summed E-state index contributed by atoms with van der Waals surface area (Å²) < 4.78 is 0. The fourth-order valence-electron chi connectivity index (χ4n) is 1.48. The minimum Gasteiger partial charge on any atom is -0.479 e. The molecule has 2 atom stereocenters. The lowest BCUT2D eigenvalue weighted by Crippen LogP contribution is -2.12. The van der Waals surface area contributed by atoms with Crippen molar-refractivity contribution < 1.29 is 19.8 Å². The number of carbonyl (C=O) groups is 2. The number of aliphatic hydroxyl groups is 1. The third-order valence-electron chi connectivity index (χ3n) is 2.43. The van der Waals surface area contributed by atoms with Crippen LogP contribution in [0.25, 0.3) is 0 Å². The molecule has 0 aliphatic heterocycles. The van der Waals surface area contributed by atoms with Crippen LogP contribution < -0.4 is 0 Å². The van der Waals surface area contributed by atoms with Crippen molar-refractivity contribution >= 4 is 35.1 Å². The van der Waals surface area contributed by atoms with Crippen molar-refractivity contribution in [1.29, 1.82) is 0 Å². The van der Waals surface area contributed by atoms with E-state index in [-0.39, 0.29) is 11.3 Å². The van der Waals surface area contributed by atoms with Crippen molar-refractivity contribution in [2.24, 2.45) is 0 Å². The molecule has 1 aromatic carbocycles. The molecule has 98 valence electrons. The van der Waals surface area contributed by atoms with Crippen LogP contribution in [-0.2, 0) is 9.59 Å². The average Bonchev–Trinajstić information content (AvgIpc) is 2.35. The highest BCUT2D eigenvalue weighted by atomic mass is 35.5. The van der Waals surface area contributed by atoms with Gasteiger partial charge in [0.1, 0.15) is 5.38 Å². The lowest BCUT2D eigenvalue weighted by atomic mass is 10.0. The maximum atomic E-state index is 11.3. The number of carboxylic acids is 1. The van der Waals surface area contributed by atoms with E-state index in [9.17, 15) is 14.7 Å². The zero-order valence-electron chi connectivity index (χ0n) is 9.88. The lowest BCUT2D eigenvalue weighted by Gasteiger charge is -2.14. The number of halogens is 1. The normalized spacial score (nSPS) is 14.0. The van der Waals surface area contributed by atoms with Gasteiger partial charge in [-0.25, -0.2) is 4.79 Å². The van der Waals surface area contributed by atoms with Gasteiger partial charge in [-0.1, -0.05) is 6.07 Å². The van der Waals surface area contributed by atoms with Crippen LogP contribution >= 0.6 is 23.4 Å². The monoisotopic (exact) mass is 288 g/mol. The van der Waals surface area contributed by atoms with E-state index in [0.717, 1.165) is 4.90 Å². The van der Waals surface area contributed by atoms with Gasteiger partial charge in [0, 0.05) is 4.90 Å². The van der Waals surface area contributed by atoms with Crippen LogP contribution in [-0.4, -0.2) is 28.2 Å². The number of carbonyl (C=O) groups excluding carboxylic acids is 1. The molecule has 0 saturated heterocycles. The van der Waals surface area contributed by atoms with Gasteiger partial charge in [-0.15, -0.1) is 23.4 Å². The van der Waals surface area contributed by atoms with Crippen LogP contribution in [0.5, 0.6) is 0 Å². The number of aliphatic carboxylic acids is 1. The third-order valence-corrected chi connectivity index (χ3v) is 3.79. The highest BCUT2D eigenvalue weighted by molar-refractivity contribution is 7.98. The lowest BCUT2D eigenvalue weighted by molar-refractivity contribution is -0.146. The Morgan fingerprint density at radius 1 is 1.39 bits per heavy atom. The molecule has 0 aromatic heterocycles. The van der Waals surface area contributed by atoms with E-state index in [2.05, 4.69) is 0 Å². The van der Waals surface area contributed by atoms with Gasteiger partial charge in [0.15, 0.2) is 11.9 Å². The molecule has 2 unspecified atom stereocenters. The largest absolute Gasteiger partial charge is 0.479 e. The smallest absolute Gasteiger partial charge is 0.337 e. The minimum absolute atomic E-state index is 0.210. The van der Waals surface area contributed by atoms with Crippen molar-refractivity contribution in [3.05, 3.63) is 29.3 Å². The first-order valence-corrected chi connectivity index (χ1v) is 6.77. The Morgan fingerprint density at radius 3 is 2.44 bits per heavy atom. The second-order valence-corrected chi connectivity index (χ2v) is 5.00. The highest BCUT2D eigenvalue weighted by Gasteiger charge is 2.21. The van der Waals surface area contributed by atoms with Gasteiger partial charge in [-0.2, -0.15) is 0 Å². The molecule has 18 heavy (non-hydrogen) atoms. The topological polar surface area (TPSA) is 74.6 Å². The summed E-state index contributed by atoms with van der Waals surface area (Å²) in [6, 6.07) is 4.63. The quantitative estimate of drug-likeness (QED) is 0.643. The zero-order valence-corrected chi connectivity index (χ0v) is 11.5. The van der Waals surface area contributed by atoms with Gasteiger partial charge in [0.25, 0.3) is 0 Å². The standard InChI is InChI=1S/C12H13ClO4S/c1-6(14)10(13)8-5-7(11(15)12(16)17)3-4-9(8)18-2/h3-5,10-11,15H,1-2H3,(H,16,17). The minimum atomic E-state index is -1.62. The van der Waals surface area contributed by atoms with Gasteiger partial charge < -0.3 is 10.2 Å². The first-order chi connectivity index (χ1) is 8.38. The molecule has 6 heteroatoms. The van der Waals surface area contributed by atoms with Gasteiger partial charge in [-0.3, -0.25) is 4.79 Å². The molecule has 0 fully saturated rings. The molecular formula is C12H13ClO4S. The maximum Gasteiger partial charge on any atom is 0.337 e. The Hall–Kier alpha value is -1.04. The number of thioether (sulfide) groups is 1. The summed E-state index contributed by atoms with van der Waals surface area (Å²) in [6.45, 7) is 1.36. The maximum absolute atomic E-state index is 11.3. The molecule has 0 heterocycles. The molecule has 4 nitrogen and oxygen atoms in total. The number of hydrogen-bond acceptors (Lipinski definition) is 4. The van der Waals surface area contributed by atoms with E-state index in [0.29, 0.717) is 5.56 Å². The van der Waals surface area contributed by atoms with Crippen LogP contribution in [0.15, 0.2) is 23.1 Å². The van der Waals surface area contributed by atoms with Gasteiger partial charge in [-0.05, 0) is 36.4 Å². The molecule has 0 radical (unpaired) electrons. The Labute approximate surface area is 114 Å². The van der Waals surface area contributed by atoms with Crippen LogP contribution in [0.4, 0.5) is 0 Å². The van der Waals surface area contributed by atoms with E-state index in [4.69, 9.17) is 16.7 Å². The predicted octanol–water partition coefficient (Wildman–Crippen LogP) is 2.40. The summed E-state index contributed by atoms with van der Waals surface area (Å²) in [4.78, 5) is 22.8. The van der Waals surface area contributed by atoms with Crippen LogP contribution in [0.3, 0.4) is 0 Å². The van der Waals surface area contributed by atoms with Gasteiger partial charge in [0.05, 0.1) is 0 Å². The predicted molar refractivity (Wildman–Crippen MR) is 70.1 cm³/mol. The summed E-state index contributed by atoms with van der Waals surface area (Å²) in [5.74, 6) is -1.57. The average molecular weight is 289 g/mol. The third kappa shape index (κ3) is 3.25. The van der Waals surface area contributed by atoms with E-state index in [1.165, 1.54) is 30.8 Å². The fourth-order valence-corrected chi connectivity index (χ4v) is 2.34. The Morgan fingerprint density at radius 2 is 2.00 bits per heavy atom.